The van der Waals surface area contributed by atoms with Crippen LogP contribution in [0.25, 0.3) is 6.08 Å². The highest BCUT2D eigenvalue weighted by Crippen LogP contribution is 2.35. The molecule has 9 nitrogen and oxygen atoms in total. The smallest absolute Gasteiger partial charge is 0.269 e. The van der Waals surface area contributed by atoms with Gasteiger partial charge in [0.25, 0.3) is 5.69 Å². The van der Waals surface area contributed by atoms with Crippen LogP contribution in [0.3, 0.4) is 0 Å². The Morgan fingerprint density at radius 2 is 1.87 bits per heavy atom. The lowest BCUT2D eigenvalue weighted by atomic mass is 10.2. The summed E-state index contributed by atoms with van der Waals surface area (Å²) in [5, 5.41) is 13.5. The number of benzene rings is 2. The van der Waals surface area contributed by atoms with Gasteiger partial charge < -0.3 is 19.7 Å². The van der Waals surface area contributed by atoms with E-state index in [-0.39, 0.29) is 30.0 Å². The van der Waals surface area contributed by atoms with E-state index in [1.807, 2.05) is 0 Å². The minimum atomic E-state index is -0.481. The van der Waals surface area contributed by atoms with Gasteiger partial charge in [0, 0.05) is 42.9 Å². The van der Waals surface area contributed by atoms with E-state index in [1.165, 1.54) is 18.2 Å². The molecule has 0 saturated carbocycles. The monoisotopic (exact) mass is 409 g/mol. The maximum atomic E-state index is 12.4. The molecular formula is C21H19N3O6. The average Bonchev–Trinajstić information content (AvgIpc) is 3.12. The van der Waals surface area contributed by atoms with Crippen LogP contribution < -0.4 is 19.7 Å². The number of fused-ring (bicyclic) bond motifs is 1. The zero-order chi connectivity index (χ0) is 21.1. The minimum absolute atomic E-state index is 0.0136. The van der Waals surface area contributed by atoms with Crippen molar-refractivity contribution in [3.05, 3.63) is 64.2 Å². The molecule has 154 valence electrons. The van der Waals surface area contributed by atoms with Gasteiger partial charge in [0.2, 0.25) is 11.8 Å². The number of nitrogens with zero attached hydrogens (tertiary/aromatic N) is 2. The molecule has 1 atom stereocenters. The summed E-state index contributed by atoms with van der Waals surface area (Å²) in [6.45, 7) is 1.32. The highest BCUT2D eigenvalue weighted by Gasteiger charge is 2.32. The summed E-state index contributed by atoms with van der Waals surface area (Å²) in [6, 6.07) is 10.9. The number of carbonyl (C=O) groups is 2. The molecule has 2 aromatic rings. The fourth-order valence-corrected chi connectivity index (χ4v) is 3.38. The van der Waals surface area contributed by atoms with Gasteiger partial charge in [-0.2, -0.15) is 0 Å². The van der Waals surface area contributed by atoms with Crippen LogP contribution in [-0.2, 0) is 9.59 Å². The molecule has 1 N–H and O–H groups in total. The van der Waals surface area contributed by atoms with Gasteiger partial charge in [0.05, 0.1) is 11.0 Å². The molecule has 1 unspecified atom stereocenters. The van der Waals surface area contributed by atoms with E-state index >= 15 is 0 Å². The summed E-state index contributed by atoms with van der Waals surface area (Å²) in [4.78, 5) is 36.5. The van der Waals surface area contributed by atoms with Crippen LogP contribution in [-0.4, -0.2) is 42.5 Å². The maximum Gasteiger partial charge on any atom is 0.269 e. The third-order valence-corrected chi connectivity index (χ3v) is 4.84. The number of ether oxygens (including phenoxy) is 2. The molecular weight excluding hydrogens is 390 g/mol. The second kappa shape index (κ2) is 8.24. The third kappa shape index (κ3) is 4.24. The number of hydrogen-bond acceptors (Lipinski definition) is 6. The Bertz CT molecular complexity index is 1020. The molecule has 0 spiro atoms. The van der Waals surface area contributed by atoms with Gasteiger partial charge in [-0.25, -0.2) is 0 Å². The lowest BCUT2D eigenvalue weighted by Gasteiger charge is -2.22. The molecule has 2 amide bonds. The summed E-state index contributed by atoms with van der Waals surface area (Å²) in [5.74, 6) is 0.828. The van der Waals surface area contributed by atoms with Crippen molar-refractivity contribution in [3.63, 3.8) is 0 Å². The first kappa shape index (κ1) is 19.4. The highest BCUT2D eigenvalue weighted by molar-refractivity contribution is 5.98. The number of hydrogen-bond donors (Lipinski definition) is 1. The Kier molecular flexibility index (Phi) is 5.34. The van der Waals surface area contributed by atoms with Crippen molar-refractivity contribution in [3.8, 4) is 11.5 Å². The molecule has 0 radical (unpaired) electrons. The molecule has 2 aliphatic heterocycles. The van der Waals surface area contributed by atoms with Crippen LogP contribution in [0.2, 0.25) is 0 Å². The summed E-state index contributed by atoms with van der Waals surface area (Å²) in [6.07, 6.45) is 3.11. The van der Waals surface area contributed by atoms with Crippen molar-refractivity contribution in [2.45, 2.75) is 12.5 Å². The van der Waals surface area contributed by atoms with E-state index in [9.17, 15) is 19.7 Å². The predicted molar refractivity (Wildman–Crippen MR) is 108 cm³/mol. The highest BCUT2D eigenvalue weighted by atomic mass is 16.6. The Balaban J connectivity index is 1.36. The third-order valence-electron chi connectivity index (χ3n) is 4.84. The molecule has 0 bridgehead atoms. The van der Waals surface area contributed by atoms with Gasteiger partial charge in [-0.05, 0) is 35.9 Å². The molecule has 2 aromatic carbocycles. The van der Waals surface area contributed by atoms with Crippen LogP contribution in [0, 0.1) is 10.1 Å². The Morgan fingerprint density at radius 3 is 2.60 bits per heavy atom. The number of nitrogens with one attached hydrogen (secondary N) is 1. The van der Waals surface area contributed by atoms with Crippen molar-refractivity contribution in [2.75, 3.05) is 24.7 Å². The lowest BCUT2D eigenvalue weighted by Crippen LogP contribution is -2.36. The fourth-order valence-electron chi connectivity index (χ4n) is 3.38. The second-order valence-corrected chi connectivity index (χ2v) is 6.92. The van der Waals surface area contributed by atoms with Crippen LogP contribution >= 0.6 is 0 Å². The van der Waals surface area contributed by atoms with Gasteiger partial charge in [-0.1, -0.05) is 0 Å². The molecule has 1 fully saturated rings. The van der Waals surface area contributed by atoms with Crippen LogP contribution in [0.5, 0.6) is 11.5 Å². The van der Waals surface area contributed by atoms with Gasteiger partial charge in [-0.3, -0.25) is 19.7 Å². The molecule has 9 heteroatoms. The van der Waals surface area contributed by atoms with Crippen molar-refractivity contribution in [1.82, 2.24) is 5.32 Å². The fraction of sp³-hybridized carbons (Fsp3) is 0.238. The van der Waals surface area contributed by atoms with Crippen LogP contribution in [0.1, 0.15) is 12.0 Å². The minimum Gasteiger partial charge on any atom is -0.486 e. The number of carbonyl (C=O) groups excluding carboxylic acids is 2. The van der Waals surface area contributed by atoms with Crippen molar-refractivity contribution in [2.24, 2.45) is 0 Å². The van der Waals surface area contributed by atoms with Crippen molar-refractivity contribution < 1.29 is 24.0 Å². The first-order valence-electron chi connectivity index (χ1n) is 9.42. The molecule has 2 aliphatic rings. The summed E-state index contributed by atoms with van der Waals surface area (Å²) in [5.41, 5.74) is 1.35. The van der Waals surface area contributed by atoms with Crippen LogP contribution in [0.4, 0.5) is 11.4 Å². The van der Waals surface area contributed by atoms with Gasteiger partial charge >= 0.3 is 0 Å². The quantitative estimate of drug-likeness (QED) is 0.461. The molecule has 0 aliphatic carbocycles. The number of amides is 2. The van der Waals surface area contributed by atoms with E-state index < -0.39 is 4.92 Å². The summed E-state index contributed by atoms with van der Waals surface area (Å²) in [7, 11) is 0. The largest absolute Gasteiger partial charge is 0.486 e. The standard InChI is InChI=1S/C21H19N3O6/c25-20(8-3-14-1-4-16(5-2-14)24(27)28)22-15-11-21(26)23(13-15)17-6-7-18-19(12-17)30-10-9-29-18/h1-8,12,15H,9-11,13H2,(H,22,25)/b8-3-. The normalized spacial score (nSPS) is 17.9. The zero-order valence-electron chi connectivity index (χ0n) is 15.9. The maximum absolute atomic E-state index is 12.4. The van der Waals surface area contributed by atoms with E-state index in [1.54, 1.807) is 41.3 Å². The first-order chi connectivity index (χ1) is 14.5. The average molecular weight is 409 g/mol. The van der Waals surface area contributed by atoms with Gasteiger partial charge in [-0.15, -0.1) is 0 Å². The Hall–Kier alpha value is -3.88. The molecule has 4 rings (SSSR count). The molecule has 0 aromatic heterocycles. The Labute approximate surface area is 172 Å². The first-order valence-corrected chi connectivity index (χ1v) is 9.42. The van der Waals surface area contributed by atoms with Gasteiger partial charge in [0.15, 0.2) is 11.5 Å². The number of nitro benzene ring substituents is 1. The SMILES string of the molecule is O=C(/C=C\c1ccc([N+](=O)[O-])cc1)NC1CC(=O)N(c2ccc3c(c2)OCCO3)C1. The number of non-ortho nitro benzene ring substituents is 1. The van der Waals surface area contributed by atoms with Crippen LogP contribution in [0.15, 0.2) is 48.5 Å². The predicted octanol–water partition coefficient (Wildman–Crippen LogP) is 2.30. The second-order valence-electron chi connectivity index (χ2n) is 6.92. The van der Waals surface area contributed by atoms with E-state index in [4.69, 9.17) is 9.47 Å². The van der Waals surface area contributed by atoms with E-state index in [0.717, 1.165) is 0 Å². The number of anilines is 1. The molecule has 2 heterocycles. The summed E-state index contributed by atoms with van der Waals surface area (Å²) >= 11 is 0. The molecule has 30 heavy (non-hydrogen) atoms. The Morgan fingerprint density at radius 1 is 1.13 bits per heavy atom. The van der Waals surface area contributed by atoms with Gasteiger partial charge in [0.1, 0.15) is 13.2 Å². The summed E-state index contributed by atoms with van der Waals surface area (Å²) < 4.78 is 11.1. The number of rotatable bonds is 5. The van der Waals surface area contributed by atoms with E-state index in [0.29, 0.717) is 42.5 Å². The topological polar surface area (TPSA) is 111 Å². The van der Waals surface area contributed by atoms with Crippen molar-refractivity contribution in [1.29, 1.82) is 0 Å². The number of nitro groups is 1. The lowest BCUT2D eigenvalue weighted by molar-refractivity contribution is -0.384. The zero-order valence-corrected chi connectivity index (χ0v) is 15.9. The van der Waals surface area contributed by atoms with E-state index in [2.05, 4.69) is 5.32 Å². The van der Waals surface area contributed by atoms with Crippen molar-refractivity contribution >= 4 is 29.3 Å². The molecule has 1 saturated heterocycles.